The molecule has 0 amide bonds. The third kappa shape index (κ3) is 3.24. The number of ether oxygens (including phenoxy) is 1. The fourth-order valence-electron chi connectivity index (χ4n) is 1.82. The second-order valence-corrected chi connectivity index (χ2v) is 5.97. The second kappa shape index (κ2) is 4.78. The van der Waals surface area contributed by atoms with E-state index in [1.54, 1.807) is 11.8 Å². The molecular weight excluding hydrogens is 224 g/mol. The molecule has 0 aromatic carbocycles. The Hall–Kier alpha value is -0.510. The fourth-order valence-corrected chi connectivity index (χ4v) is 3.18. The van der Waals surface area contributed by atoms with Gasteiger partial charge in [-0.2, -0.15) is 11.8 Å². The predicted octanol–water partition coefficient (Wildman–Crippen LogP) is 2.04. The summed E-state index contributed by atoms with van der Waals surface area (Å²) in [4.78, 5) is 22.7. The molecule has 0 N–H and O–H groups in total. The predicted molar refractivity (Wildman–Crippen MR) is 63.4 cm³/mol. The summed E-state index contributed by atoms with van der Waals surface area (Å²) < 4.78 is 4.69. The van der Waals surface area contributed by atoms with Crippen molar-refractivity contribution in [2.45, 2.75) is 32.1 Å². The Kier molecular flexibility index (Phi) is 3.57. The molecule has 0 saturated heterocycles. The molecule has 0 radical (unpaired) electrons. The third-order valence-electron chi connectivity index (χ3n) is 3.39. The van der Waals surface area contributed by atoms with Gasteiger partial charge in [0.1, 0.15) is 5.78 Å². The van der Waals surface area contributed by atoms with E-state index < -0.39 is 0 Å². The first-order chi connectivity index (χ1) is 7.65. The van der Waals surface area contributed by atoms with Crippen LogP contribution in [0.15, 0.2) is 0 Å². The van der Waals surface area contributed by atoms with Crippen LogP contribution in [0.2, 0.25) is 0 Å². The molecule has 0 atom stereocenters. The lowest BCUT2D eigenvalue weighted by Gasteiger charge is -2.12. The highest BCUT2D eigenvalue weighted by Crippen LogP contribution is 2.51. The zero-order valence-electron chi connectivity index (χ0n) is 9.66. The number of carbonyl (C=O) groups excluding carboxylic acids is 2. The van der Waals surface area contributed by atoms with Crippen molar-refractivity contribution in [3.63, 3.8) is 0 Å². The molecule has 0 bridgehead atoms. The first-order valence-electron chi connectivity index (χ1n) is 5.82. The van der Waals surface area contributed by atoms with E-state index in [9.17, 15) is 9.59 Å². The largest absolute Gasteiger partial charge is 0.469 e. The summed E-state index contributed by atoms with van der Waals surface area (Å²) in [6.45, 7) is 0. The van der Waals surface area contributed by atoms with Crippen LogP contribution in [0, 0.1) is 11.3 Å². The van der Waals surface area contributed by atoms with Gasteiger partial charge in [-0.15, -0.1) is 0 Å². The van der Waals surface area contributed by atoms with Crippen LogP contribution in [-0.4, -0.2) is 30.4 Å². The number of rotatable bonds is 7. The molecular formula is C12H18O3S. The van der Waals surface area contributed by atoms with E-state index in [1.165, 1.54) is 7.11 Å². The Morgan fingerprint density at radius 3 is 2.56 bits per heavy atom. The highest BCUT2D eigenvalue weighted by atomic mass is 32.2. The highest BCUT2D eigenvalue weighted by molar-refractivity contribution is 8.00. The van der Waals surface area contributed by atoms with Gasteiger partial charge in [-0.1, -0.05) is 0 Å². The molecule has 2 aliphatic carbocycles. The molecule has 0 unspecified atom stereocenters. The summed E-state index contributed by atoms with van der Waals surface area (Å²) >= 11 is 1.69. The van der Waals surface area contributed by atoms with E-state index in [2.05, 4.69) is 4.74 Å². The summed E-state index contributed by atoms with van der Waals surface area (Å²) in [5, 5.41) is 0. The number of Topliss-reactive ketones (excluding diaryl/α,β-unsaturated/α-hetero) is 1. The van der Waals surface area contributed by atoms with E-state index in [1.807, 2.05) is 0 Å². The lowest BCUT2D eigenvalue weighted by Crippen LogP contribution is -2.14. The number of hydrogen-bond acceptors (Lipinski definition) is 4. The third-order valence-corrected chi connectivity index (χ3v) is 4.69. The summed E-state index contributed by atoms with van der Waals surface area (Å²) in [6.07, 6.45) is 4.91. The maximum absolute atomic E-state index is 11.5. The molecule has 90 valence electrons. The fraction of sp³-hybridized carbons (Fsp3) is 0.833. The van der Waals surface area contributed by atoms with Crippen LogP contribution in [0.3, 0.4) is 0 Å². The molecule has 0 aromatic heterocycles. The zero-order chi connectivity index (χ0) is 11.6. The zero-order valence-corrected chi connectivity index (χ0v) is 10.5. The molecule has 0 heterocycles. The smallest absolute Gasteiger partial charge is 0.306 e. The van der Waals surface area contributed by atoms with E-state index in [0.717, 1.165) is 31.4 Å². The van der Waals surface area contributed by atoms with E-state index in [0.29, 0.717) is 23.9 Å². The van der Waals surface area contributed by atoms with Crippen molar-refractivity contribution in [3.05, 3.63) is 0 Å². The molecule has 0 aliphatic heterocycles. The van der Waals surface area contributed by atoms with Gasteiger partial charge >= 0.3 is 5.97 Å². The maximum atomic E-state index is 11.5. The summed E-state index contributed by atoms with van der Waals surface area (Å²) in [7, 11) is 1.43. The van der Waals surface area contributed by atoms with Crippen LogP contribution in [-0.2, 0) is 14.3 Å². The molecule has 3 nitrogen and oxygen atoms in total. The normalized spacial score (nSPS) is 21.6. The molecule has 0 aromatic rings. The molecule has 0 spiro atoms. The minimum atomic E-state index is -0.119. The van der Waals surface area contributed by atoms with Crippen molar-refractivity contribution in [2.24, 2.45) is 11.3 Å². The van der Waals surface area contributed by atoms with Crippen molar-refractivity contribution < 1.29 is 14.3 Å². The number of methoxy groups -OCH3 is 1. The number of esters is 1. The van der Waals surface area contributed by atoms with Crippen molar-refractivity contribution in [1.82, 2.24) is 0 Å². The minimum absolute atomic E-state index is 0.119. The average Bonchev–Trinajstić information content (AvgIpc) is 3.12. The Labute approximate surface area is 100 Å². The van der Waals surface area contributed by atoms with Gasteiger partial charge in [-0.25, -0.2) is 0 Å². The first-order valence-corrected chi connectivity index (χ1v) is 6.98. The Morgan fingerprint density at radius 1 is 1.38 bits per heavy atom. The summed E-state index contributed by atoms with van der Waals surface area (Å²) in [6, 6.07) is 0. The summed E-state index contributed by atoms with van der Waals surface area (Å²) in [5.41, 5.74) is 0.154. The van der Waals surface area contributed by atoms with Gasteiger partial charge in [0.25, 0.3) is 0 Å². The Balaban J connectivity index is 1.64. The van der Waals surface area contributed by atoms with Gasteiger partial charge in [0, 0.05) is 5.92 Å². The van der Waals surface area contributed by atoms with Gasteiger partial charge in [0.15, 0.2) is 0 Å². The van der Waals surface area contributed by atoms with Crippen LogP contribution in [0.4, 0.5) is 0 Å². The van der Waals surface area contributed by atoms with Crippen LogP contribution in [0.5, 0.6) is 0 Å². The quantitative estimate of drug-likeness (QED) is 0.641. The lowest BCUT2D eigenvalue weighted by atomic mass is 10.1. The highest BCUT2D eigenvalue weighted by Gasteiger charge is 2.44. The topological polar surface area (TPSA) is 43.4 Å². The average molecular weight is 242 g/mol. The molecule has 2 rings (SSSR count). The van der Waals surface area contributed by atoms with Crippen molar-refractivity contribution >= 4 is 23.5 Å². The number of carbonyl (C=O) groups is 2. The monoisotopic (exact) mass is 242 g/mol. The van der Waals surface area contributed by atoms with Crippen molar-refractivity contribution in [2.75, 3.05) is 18.6 Å². The van der Waals surface area contributed by atoms with E-state index >= 15 is 0 Å². The van der Waals surface area contributed by atoms with Crippen molar-refractivity contribution in [1.29, 1.82) is 0 Å². The SMILES string of the molecule is COC(=O)CC1(CSCC(=O)C2CC2)CC1. The second-order valence-electron chi connectivity index (χ2n) is 4.99. The van der Waals surface area contributed by atoms with Gasteiger partial charge in [-0.3, -0.25) is 9.59 Å². The maximum Gasteiger partial charge on any atom is 0.306 e. The molecule has 2 fully saturated rings. The van der Waals surface area contributed by atoms with Crippen LogP contribution in [0.1, 0.15) is 32.1 Å². The molecule has 2 aliphatic rings. The molecule has 4 heteroatoms. The number of thioether (sulfide) groups is 1. The van der Waals surface area contributed by atoms with Crippen LogP contribution >= 0.6 is 11.8 Å². The van der Waals surface area contributed by atoms with Crippen LogP contribution < -0.4 is 0 Å². The van der Waals surface area contributed by atoms with Crippen molar-refractivity contribution in [3.8, 4) is 0 Å². The van der Waals surface area contributed by atoms with Gasteiger partial charge in [0.05, 0.1) is 19.3 Å². The van der Waals surface area contributed by atoms with E-state index in [4.69, 9.17) is 0 Å². The number of ketones is 1. The number of hydrogen-bond donors (Lipinski definition) is 0. The Bertz CT molecular complexity index is 293. The lowest BCUT2D eigenvalue weighted by molar-refractivity contribution is -0.141. The molecule has 2 saturated carbocycles. The van der Waals surface area contributed by atoms with Gasteiger partial charge in [0.2, 0.25) is 0 Å². The Morgan fingerprint density at radius 2 is 2.06 bits per heavy atom. The minimum Gasteiger partial charge on any atom is -0.469 e. The first kappa shape index (κ1) is 12.0. The van der Waals surface area contributed by atoms with Crippen LogP contribution in [0.25, 0.3) is 0 Å². The van der Waals surface area contributed by atoms with Gasteiger partial charge in [-0.05, 0) is 36.9 Å². The summed E-state index contributed by atoms with van der Waals surface area (Å²) in [5.74, 6) is 2.21. The van der Waals surface area contributed by atoms with E-state index in [-0.39, 0.29) is 11.4 Å². The standard InChI is InChI=1S/C12H18O3S/c1-15-11(14)6-12(4-5-12)8-16-7-10(13)9-2-3-9/h9H,2-8H2,1H3. The van der Waals surface area contributed by atoms with Gasteiger partial charge < -0.3 is 4.74 Å². The molecule has 16 heavy (non-hydrogen) atoms.